The molecular formula is C9H11O3P. The van der Waals surface area contributed by atoms with Gasteiger partial charge in [-0.05, 0) is 23.4 Å². The summed E-state index contributed by atoms with van der Waals surface area (Å²) in [5.74, 6) is -0.951. The Kier molecular flexibility index (Phi) is 3.40. The van der Waals surface area contributed by atoms with E-state index in [-0.39, 0.29) is 12.2 Å². The molecule has 1 atom stereocenters. The molecule has 0 aliphatic heterocycles. The Morgan fingerprint density at radius 1 is 1.46 bits per heavy atom. The number of hydrogen-bond acceptors (Lipinski definition) is 2. The van der Waals surface area contributed by atoms with Gasteiger partial charge in [-0.25, -0.2) is 4.79 Å². The smallest absolute Gasteiger partial charge is 0.335 e. The van der Waals surface area contributed by atoms with Crippen LogP contribution >= 0.6 is 9.24 Å². The zero-order valence-corrected chi connectivity index (χ0v) is 8.18. The van der Waals surface area contributed by atoms with Gasteiger partial charge in [0.05, 0.1) is 5.56 Å². The highest BCUT2D eigenvalue weighted by atomic mass is 31.0. The Morgan fingerprint density at radius 2 is 2.15 bits per heavy atom. The van der Waals surface area contributed by atoms with Gasteiger partial charge in [-0.3, -0.25) is 0 Å². The number of aromatic carboxylic acids is 1. The third-order valence-electron chi connectivity index (χ3n) is 1.74. The van der Waals surface area contributed by atoms with Crippen LogP contribution in [0.4, 0.5) is 0 Å². The van der Waals surface area contributed by atoms with Gasteiger partial charge in [0.25, 0.3) is 0 Å². The highest BCUT2D eigenvalue weighted by molar-refractivity contribution is 7.27. The van der Waals surface area contributed by atoms with Gasteiger partial charge in [0.15, 0.2) is 0 Å². The van der Waals surface area contributed by atoms with Gasteiger partial charge in [0.1, 0.15) is 0 Å². The lowest BCUT2D eigenvalue weighted by atomic mass is 10.1. The van der Waals surface area contributed by atoms with Crippen LogP contribution in [0.2, 0.25) is 0 Å². The summed E-state index contributed by atoms with van der Waals surface area (Å²) >= 11 is 0. The molecule has 4 heteroatoms. The summed E-state index contributed by atoms with van der Waals surface area (Å²) in [7, 11) is 2.49. The van der Waals surface area contributed by atoms with Gasteiger partial charge in [0.2, 0.25) is 0 Å². The predicted octanol–water partition coefficient (Wildman–Crippen LogP) is 0.420. The summed E-state index contributed by atoms with van der Waals surface area (Å²) in [6.45, 7) is -0.0333. The summed E-state index contributed by atoms with van der Waals surface area (Å²) in [5.41, 5.74) is 0.933. The zero-order chi connectivity index (χ0) is 9.84. The number of hydrogen-bond donors (Lipinski definition) is 2. The number of aliphatic hydroxyl groups is 1. The second kappa shape index (κ2) is 4.35. The Bertz CT molecular complexity index is 323. The second-order valence-electron chi connectivity index (χ2n) is 2.70. The first-order chi connectivity index (χ1) is 6.15. The van der Waals surface area contributed by atoms with Crippen LogP contribution < -0.4 is 5.30 Å². The molecule has 13 heavy (non-hydrogen) atoms. The molecule has 1 aromatic rings. The molecule has 0 saturated heterocycles. The van der Waals surface area contributed by atoms with Crippen LogP contribution in [0.15, 0.2) is 18.2 Å². The van der Waals surface area contributed by atoms with Crippen LogP contribution in [0.3, 0.4) is 0 Å². The largest absolute Gasteiger partial charge is 0.478 e. The molecule has 1 unspecified atom stereocenters. The summed E-state index contributed by atoms with van der Waals surface area (Å²) in [4.78, 5) is 10.7. The van der Waals surface area contributed by atoms with Crippen molar-refractivity contribution in [3.63, 3.8) is 0 Å². The highest BCUT2D eigenvalue weighted by Gasteiger charge is 2.08. The van der Waals surface area contributed by atoms with Gasteiger partial charge in [-0.1, -0.05) is 12.1 Å². The van der Waals surface area contributed by atoms with Gasteiger partial charge < -0.3 is 10.2 Å². The Labute approximate surface area is 78.6 Å². The number of aliphatic hydroxyl groups excluding tert-OH is 1. The van der Waals surface area contributed by atoms with E-state index in [1.807, 2.05) is 0 Å². The molecule has 0 spiro atoms. The Balaban J connectivity index is 3.10. The fourth-order valence-corrected chi connectivity index (χ4v) is 1.45. The van der Waals surface area contributed by atoms with Crippen molar-refractivity contribution in [2.24, 2.45) is 0 Å². The van der Waals surface area contributed by atoms with Crippen molar-refractivity contribution in [3.05, 3.63) is 29.3 Å². The predicted molar refractivity (Wildman–Crippen MR) is 53.5 cm³/mol. The van der Waals surface area contributed by atoms with Crippen LogP contribution in [-0.2, 0) is 6.42 Å². The quantitative estimate of drug-likeness (QED) is 0.692. The molecule has 0 amide bonds. The molecule has 0 heterocycles. The van der Waals surface area contributed by atoms with Crippen molar-refractivity contribution >= 4 is 20.5 Å². The van der Waals surface area contributed by atoms with E-state index in [1.165, 1.54) is 0 Å². The van der Waals surface area contributed by atoms with E-state index in [4.69, 9.17) is 10.2 Å². The van der Waals surface area contributed by atoms with Crippen molar-refractivity contribution in [1.29, 1.82) is 0 Å². The molecule has 0 aromatic heterocycles. The topological polar surface area (TPSA) is 57.5 Å². The SMILES string of the molecule is O=C(O)c1ccc(P)cc1CCO. The minimum absolute atomic E-state index is 0.0333. The zero-order valence-electron chi connectivity index (χ0n) is 7.03. The molecule has 0 radical (unpaired) electrons. The molecule has 0 fully saturated rings. The lowest BCUT2D eigenvalue weighted by Crippen LogP contribution is -2.07. The third kappa shape index (κ3) is 2.51. The van der Waals surface area contributed by atoms with Crippen LogP contribution in [0.25, 0.3) is 0 Å². The fraction of sp³-hybridized carbons (Fsp3) is 0.222. The third-order valence-corrected chi connectivity index (χ3v) is 2.10. The fourth-order valence-electron chi connectivity index (χ4n) is 1.15. The molecule has 0 aliphatic rings. The van der Waals surface area contributed by atoms with Crippen LogP contribution in [-0.4, -0.2) is 22.8 Å². The average Bonchev–Trinajstić information content (AvgIpc) is 2.04. The summed E-state index contributed by atoms with van der Waals surface area (Å²) in [5, 5.41) is 18.4. The minimum atomic E-state index is -0.951. The average molecular weight is 198 g/mol. The normalized spacial score (nSPS) is 10.0. The van der Waals surface area contributed by atoms with Crippen molar-refractivity contribution in [2.75, 3.05) is 6.61 Å². The number of carboxylic acid groups (broad SMARTS) is 1. The lowest BCUT2D eigenvalue weighted by molar-refractivity contribution is 0.0695. The second-order valence-corrected chi connectivity index (χ2v) is 3.36. The van der Waals surface area contributed by atoms with Gasteiger partial charge in [-0.15, -0.1) is 9.24 Å². The van der Waals surface area contributed by atoms with Crippen LogP contribution in [0.5, 0.6) is 0 Å². The van der Waals surface area contributed by atoms with E-state index >= 15 is 0 Å². The van der Waals surface area contributed by atoms with E-state index in [0.717, 1.165) is 5.30 Å². The molecule has 1 rings (SSSR count). The van der Waals surface area contributed by atoms with Gasteiger partial charge in [-0.2, -0.15) is 0 Å². The lowest BCUT2D eigenvalue weighted by Gasteiger charge is -2.04. The van der Waals surface area contributed by atoms with Crippen molar-refractivity contribution < 1.29 is 15.0 Å². The Hall–Kier alpha value is -0.920. The first-order valence-electron chi connectivity index (χ1n) is 3.87. The van der Waals surface area contributed by atoms with Crippen molar-refractivity contribution in [1.82, 2.24) is 0 Å². The standard InChI is InChI=1S/C9H11O3P/c10-4-3-6-5-7(13)1-2-8(6)9(11)12/h1-2,5,10H,3-4,13H2,(H,11,12). The monoisotopic (exact) mass is 198 g/mol. The summed E-state index contributed by atoms with van der Waals surface area (Å²) < 4.78 is 0. The van der Waals surface area contributed by atoms with Crippen molar-refractivity contribution in [3.8, 4) is 0 Å². The number of carbonyl (C=O) groups is 1. The van der Waals surface area contributed by atoms with Crippen LogP contribution in [0, 0.1) is 0 Å². The first kappa shape index (κ1) is 10.2. The molecule has 1 aromatic carbocycles. The summed E-state index contributed by atoms with van der Waals surface area (Å²) in [6.07, 6.45) is 0.379. The Morgan fingerprint density at radius 3 is 2.69 bits per heavy atom. The van der Waals surface area contributed by atoms with Gasteiger partial charge in [0, 0.05) is 6.61 Å². The molecule has 2 N–H and O–H groups in total. The number of carboxylic acids is 1. The summed E-state index contributed by atoms with van der Waals surface area (Å²) in [6, 6.07) is 5.02. The minimum Gasteiger partial charge on any atom is -0.478 e. The highest BCUT2D eigenvalue weighted by Crippen LogP contribution is 2.09. The molecule has 3 nitrogen and oxygen atoms in total. The van der Waals surface area contributed by atoms with E-state index in [1.54, 1.807) is 18.2 Å². The van der Waals surface area contributed by atoms with Gasteiger partial charge >= 0.3 is 5.97 Å². The first-order valence-corrected chi connectivity index (χ1v) is 4.45. The molecule has 0 bridgehead atoms. The maximum Gasteiger partial charge on any atom is 0.335 e. The molecule has 0 saturated carbocycles. The van der Waals surface area contributed by atoms with E-state index < -0.39 is 5.97 Å². The maximum atomic E-state index is 10.7. The molecular weight excluding hydrogens is 187 g/mol. The number of benzene rings is 1. The number of rotatable bonds is 3. The molecule has 0 aliphatic carbocycles. The van der Waals surface area contributed by atoms with E-state index in [0.29, 0.717) is 12.0 Å². The maximum absolute atomic E-state index is 10.7. The molecule has 70 valence electrons. The van der Waals surface area contributed by atoms with Crippen LogP contribution in [0.1, 0.15) is 15.9 Å². The van der Waals surface area contributed by atoms with E-state index in [9.17, 15) is 4.79 Å². The van der Waals surface area contributed by atoms with Crippen molar-refractivity contribution in [2.45, 2.75) is 6.42 Å². The van der Waals surface area contributed by atoms with E-state index in [2.05, 4.69) is 9.24 Å².